The SMILES string of the molecule is Cc1ccc(NC(=O)N(C)c2cccc(N)c2)cc1. The second-order valence-corrected chi connectivity index (χ2v) is 4.45. The van der Waals surface area contributed by atoms with Gasteiger partial charge in [0.2, 0.25) is 0 Å². The fraction of sp³-hybridized carbons (Fsp3) is 0.133. The Morgan fingerprint density at radius 1 is 1.16 bits per heavy atom. The minimum atomic E-state index is -0.200. The number of aryl methyl sites for hydroxylation is 1. The molecule has 2 aromatic carbocycles. The zero-order valence-electron chi connectivity index (χ0n) is 11.1. The van der Waals surface area contributed by atoms with Crippen molar-refractivity contribution in [3.8, 4) is 0 Å². The minimum absolute atomic E-state index is 0.200. The van der Waals surface area contributed by atoms with Crippen LogP contribution in [0.4, 0.5) is 21.9 Å². The van der Waals surface area contributed by atoms with Gasteiger partial charge in [-0.25, -0.2) is 4.79 Å². The van der Waals surface area contributed by atoms with E-state index in [4.69, 9.17) is 5.73 Å². The van der Waals surface area contributed by atoms with E-state index < -0.39 is 0 Å². The molecule has 3 N–H and O–H groups in total. The Bertz CT molecular complexity index is 578. The van der Waals surface area contributed by atoms with E-state index >= 15 is 0 Å². The molecule has 0 aliphatic carbocycles. The maximum absolute atomic E-state index is 12.1. The van der Waals surface area contributed by atoms with Gasteiger partial charge in [-0.05, 0) is 37.3 Å². The number of amides is 2. The Morgan fingerprint density at radius 3 is 2.47 bits per heavy atom. The Balaban J connectivity index is 2.09. The highest BCUT2D eigenvalue weighted by Gasteiger charge is 2.10. The van der Waals surface area contributed by atoms with Gasteiger partial charge in [0.05, 0.1) is 0 Å². The zero-order chi connectivity index (χ0) is 13.8. The molecule has 98 valence electrons. The van der Waals surface area contributed by atoms with Gasteiger partial charge < -0.3 is 11.1 Å². The molecular weight excluding hydrogens is 238 g/mol. The first-order chi connectivity index (χ1) is 9.06. The molecule has 0 spiro atoms. The fourth-order valence-corrected chi connectivity index (χ4v) is 1.69. The lowest BCUT2D eigenvalue weighted by Crippen LogP contribution is -2.31. The molecule has 2 aromatic rings. The second kappa shape index (κ2) is 5.44. The highest BCUT2D eigenvalue weighted by Crippen LogP contribution is 2.17. The molecule has 4 nitrogen and oxygen atoms in total. The van der Waals surface area contributed by atoms with Crippen LogP contribution in [0.3, 0.4) is 0 Å². The number of carbonyl (C=O) groups is 1. The van der Waals surface area contributed by atoms with E-state index in [9.17, 15) is 4.79 Å². The van der Waals surface area contributed by atoms with Gasteiger partial charge in [-0.1, -0.05) is 23.8 Å². The lowest BCUT2D eigenvalue weighted by molar-refractivity contribution is 0.258. The topological polar surface area (TPSA) is 58.4 Å². The molecule has 0 aliphatic rings. The van der Waals surface area contributed by atoms with E-state index in [0.29, 0.717) is 5.69 Å². The molecule has 0 fully saturated rings. The first-order valence-electron chi connectivity index (χ1n) is 6.03. The van der Waals surface area contributed by atoms with Gasteiger partial charge in [-0.2, -0.15) is 0 Å². The van der Waals surface area contributed by atoms with E-state index in [0.717, 1.165) is 16.9 Å². The van der Waals surface area contributed by atoms with E-state index in [1.807, 2.05) is 43.3 Å². The lowest BCUT2D eigenvalue weighted by Gasteiger charge is -2.18. The molecule has 4 heteroatoms. The molecule has 0 heterocycles. The summed E-state index contributed by atoms with van der Waals surface area (Å²) in [6.07, 6.45) is 0. The van der Waals surface area contributed by atoms with Crippen molar-refractivity contribution in [3.63, 3.8) is 0 Å². The number of benzene rings is 2. The molecule has 19 heavy (non-hydrogen) atoms. The average molecular weight is 255 g/mol. The number of anilines is 3. The van der Waals surface area contributed by atoms with Crippen LogP contribution >= 0.6 is 0 Å². The summed E-state index contributed by atoms with van der Waals surface area (Å²) in [7, 11) is 1.71. The third-order valence-corrected chi connectivity index (χ3v) is 2.86. The maximum Gasteiger partial charge on any atom is 0.326 e. The standard InChI is InChI=1S/C15H17N3O/c1-11-6-8-13(9-7-11)17-15(19)18(2)14-5-3-4-12(16)10-14/h3-10H,16H2,1-2H3,(H,17,19). The molecule has 0 saturated heterocycles. The molecule has 0 atom stereocenters. The van der Waals surface area contributed by atoms with E-state index in [1.165, 1.54) is 4.90 Å². The minimum Gasteiger partial charge on any atom is -0.399 e. The molecule has 2 amide bonds. The molecular formula is C15H17N3O. The molecule has 0 aromatic heterocycles. The fourth-order valence-electron chi connectivity index (χ4n) is 1.69. The van der Waals surface area contributed by atoms with Crippen molar-refractivity contribution in [2.45, 2.75) is 6.92 Å². The largest absolute Gasteiger partial charge is 0.399 e. The van der Waals surface area contributed by atoms with Crippen molar-refractivity contribution in [1.82, 2.24) is 0 Å². The second-order valence-electron chi connectivity index (χ2n) is 4.45. The van der Waals surface area contributed by atoms with Crippen LogP contribution in [0.5, 0.6) is 0 Å². The van der Waals surface area contributed by atoms with Gasteiger partial charge in [-0.15, -0.1) is 0 Å². The quantitative estimate of drug-likeness (QED) is 0.809. The highest BCUT2D eigenvalue weighted by atomic mass is 16.2. The summed E-state index contributed by atoms with van der Waals surface area (Å²) >= 11 is 0. The smallest absolute Gasteiger partial charge is 0.326 e. The Kier molecular flexibility index (Phi) is 3.71. The number of urea groups is 1. The molecule has 0 unspecified atom stereocenters. The van der Waals surface area contributed by atoms with Gasteiger partial charge in [0, 0.05) is 24.1 Å². The highest BCUT2D eigenvalue weighted by molar-refractivity contribution is 6.01. The van der Waals surface area contributed by atoms with Crippen LogP contribution in [0.2, 0.25) is 0 Å². The van der Waals surface area contributed by atoms with E-state index in [-0.39, 0.29) is 6.03 Å². The summed E-state index contributed by atoms with van der Waals surface area (Å²) in [6.45, 7) is 2.00. The average Bonchev–Trinajstić information content (AvgIpc) is 2.40. The number of hydrogen-bond acceptors (Lipinski definition) is 2. The Hall–Kier alpha value is -2.49. The predicted octanol–water partition coefficient (Wildman–Crippen LogP) is 3.25. The molecule has 0 aliphatic heterocycles. The molecule has 0 saturated carbocycles. The van der Waals surface area contributed by atoms with Crippen LogP contribution in [-0.2, 0) is 0 Å². The molecule has 2 rings (SSSR count). The first-order valence-corrected chi connectivity index (χ1v) is 6.03. The summed E-state index contributed by atoms with van der Waals surface area (Å²) in [5, 5.41) is 2.83. The Labute approximate surface area is 112 Å². The van der Waals surface area contributed by atoms with Gasteiger partial charge in [-0.3, -0.25) is 4.90 Å². The van der Waals surface area contributed by atoms with E-state index in [1.54, 1.807) is 19.2 Å². The number of rotatable bonds is 2. The van der Waals surface area contributed by atoms with Crippen LogP contribution in [0.25, 0.3) is 0 Å². The third-order valence-electron chi connectivity index (χ3n) is 2.86. The van der Waals surface area contributed by atoms with Gasteiger partial charge >= 0.3 is 6.03 Å². The van der Waals surface area contributed by atoms with Crippen LogP contribution in [0.1, 0.15) is 5.56 Å². The molecule has 0 bridgehead atoms. The molecule has 0 radical (unpaired) electrons. The number of nitrogens with zero attached hydrogens (tertiary/aromatic N) is 1. The lowest BCUT2D eigenvalue weighted by atomic mass is 10.2. The summed E-state index contributed by atoms with van der Waals surface area (Å²) < 4.78 is 0. The van der Waals surface area contributed by atoms with Gasteiger partial charge in [0.15, 0.2) is 0 Å². The normalized spacial score (nSPS) is 10.0. The summed E-state index contributed by atoms with van der Waals surface area (Å²) in [5.41, 5.74) is 9.02. The van der Waals surface area contributed by atoms with Crippen molar-refractivity contribution in [1.29, 1.82) is 0 Å². The van der Waals surface area contributed by atoms with Crippen molar-refractivity contribution < 1.29 is 4.79 Å². The van der Waals surface area contributed by atoms with Crippen LogP contribution in [-0.4, -0.2) is 13.1 Å². The van der Waals surface area contributed by atoms with Gasteiger partial charge in [0.25, 0.3) is 0 Å². The number of hydrogen-bond donors (Lipinski definition) is 2. The number of carbonyl (C=O) groups excluding carboxylic acids is 1. The number of nitrogens with two attached hydrogens (primary N) is 1. The van der Waals surface area contributed by atoms with Gasteiger partial charge in [0.1, 0.15) is 0 Å². The monoisotopic (exact) mass is 255 g/mol. The maximum atomic E-state index is 12.1. The third kappa shape index (κ3) is 3.25. The van der Waals surface area contributed by atoms with Crippen molar-refractivity contribution in [3.05, 3.63) is 54.1 Å². The van der Waals surface area contributed by atoms with Crippen molar-refractivity contribution in [2.24, 2.45) is 0 Å². The zero-order valence-corrected chi connectivity index (χ0v) is 11.1. The van der Waals surface area contributed by atoms with E-state index in [2.05, 4.69) is 5.32 Å². The van der Waals surface area contributed by atoms with Crippen molar-refractivity contribution in [2.75, 3.05) is 23.0 Å². The summed E-state index contributed by atoms with van der Waals surface area (Å²) in [4.78, 5) is 13.6. The predicted molar refractivity (Wildman–Crippen MR) is 79.5 cm³/mol. The number of nitrogen functional groups attached to an aromatic ring is 1. The summed E-state index contributed by atoms with van der Waals surface area (Å²) in [6, 6.07) is 14.7. The summed E-state index contributed by atoms with van der Waals surface area (Å²) in [5.74, 6) is 0. The van der Waals surface area contributed by atoms with Crippen LogP contribution < -0.4 is 16.0 Å². The van der Waals surface area contributed by atoms with Crippen LogP contribution in [0, 0.1) is 6.92 Å². The first kappa shape index (κ1) is 13.0. The number of nitrogens with one attached hydrogen (secondary N) is 1. The van der Waals surface area contributed by atoms with Crippen LogP contribution in [0.15, 0.2) is 48.5 Å². The van der Waals surface area contributed by atoms with Crippen molar-refractivity contribution >= 4 is 23.1 Å². The Morgan fingerprint density at radius 2 is 1.84 bits per heavy atom.